The first kappa shape index (κ1) is 15.5. The Morgan fingerprint density at radius 1 is 1.48 bits per heavy atom. The van der Waals surface area contributed by atoms with Gasteiger partial charge in [-0.1, -0.05) is 0 Å². The largest absolute Gasteiger partial charge is 0.330 e. The lowest BCUT2D eigenvalue weighted by atomic mass is 10.0. The Hall–Kier alpha value is -1.88. The Balaban J connectivity index is 2.13. The zero-order valence-corrected chi connectivity index (χ0v) is 13.7. The van der Waals surface area contributed by atoms with Crippen LogP contribution < -0.4 is 0 Å². The molecule has 4 nitrogen and oxygen atoms in total. The first-order valence-corrected chi connectivity index (χ1v) is 7.80. The van der Waals surface area contributed by atoms with Crippen LogP contribution in [0.3, 0.4) is 0 Å². The van der Waals surface area contributed by atoms with Gasteiger partial charge in [-0.2, -0.15) is 16.4 Å². The Morgan fingerprint density at radius 3 is 2.76 bits per heavy atom. The lowest BCUT2D eigenvalue weighted by Crippen LogP contribution is -2.44. The maximum absolute atomic E-state index is 12.5. The average molecular weight is 303 g/mol. The molecule has 0 saturated carbocycles. The summed E-state index contributed by atoms with van der Waals surface area (Å²) in [6, 6.07) is 2.06. The minimum Gasteiger partial charge on any atom is -0.330 e. The highest BCUT2D eigenvalue weighted by Crippen LogP contribution is 2.19. The summed E-state index contributed by atoms with van der Waals surface area (Å²) in [6.07, 6.45) is 7.05. The third-order valence-corrected chi connectivity index (χ3v) is 3.87. The van der Waals surface area contributed by atoms with Gasteiger partial charge in [0.05, 0.1) is 6.20 Å². The second-order valence-corrected chi connectivity index (χ2v) is 6.79. The number of nitrogens with zero attached hydrogens (tertiary/aromatic N) is 3. The number of carbonyl (C=O) groups is 1. The number of amides is 1. The highest BCUT2D eigenvalue weighted by Gasteiger charge is 2.25. The Bertz CT molecular complexity index is 620. The molecule has 2 rings (SSSR count). The van der Waals surface area contributed by atoms with Crippen LogP contribution in [0.25, 0.3) is 6.08 Å². The van der Waals surface area contributed by atoms with E-state index in [2.05, 4.69) is 37.3 Å². The van der Waals surface area contributed by atoms with Crippen LogP contribution in [0, 0.1) is 0 Å². The van der Waals surface area contributed by atoms with Crippen LogP contribution >= 0.6 is 11.3 Å². The molecule has 0 unspecified atom stereocenters. The molecule has 0 saturated heterocycles. The van der Waals surface area contributed by atoms with Crippen molar-refractivity contribution >= 4 is 23.3 Å². The van der Waals surface area contributed by atoms with E-state index in [0.29, 0.717) is 6.54 Å². The molecule has 0 radical (unpaired) electrons. The molecule has 2 heterocycles. The van der Waals surface area contributed by atoms with E-state index in [-0.39, 0.29) is 11.4 Å². The Labute approximate surface area is 129 Å². The van der Waals surface area contributed by atoms with Crippen LogP contribution in [0.2, 0.25) is 0 Å². The fourth-order valence-electron chi connectivity index (χ4n) is 1.99. The van der Waals surface area contributed by atoms with Crippen molar-refractivity contribution in [2.24, 2.45) is 7.05 Å². The van der Waals surface area contributed by atoms with E-state index in [9.17, 15) is 4.79 Å². The number of carbonyl (C=O) groups excluding carboxylic acids is 1. The molecule has 0 atom stereocenters. The molecule has 0 aliphatic heterocycles. The van der Waals surface area contributed by atoms with Crippen molar-refractivity contribution in [2.45, 2.75) is 32.9 Å². The van der Waals surface area contributed by atoms with Crippen molar-refractivity contribution in [2.75, 3.05) is 0 Å². The van der Waals surface area contributed by atoms with Crippen molar-refractivity contribution < 1.29 is 4.79 Å². The van der Waals surface area contributed by atoms with Crippen molar-refractivity contribution in [3.63, 3.8) is 0 Å². The summed E-state index contributed by atoms with van der Waals surface area (Å²) in [4.78, 5) is 14.4. The van der Waals surface area contributed by atoms with E-state index in [1.807, 2.05) is 29.6 Å². The normalized spacial score (nSPS) is 12.0. The van der Waals surface area contributed by atoms with Gasteiger partial charge in [0.15, 0.2) is 0 Å². The summed E-state index contributed by atoms with van der Waals surface area (Å²) in [6.45, 7) is 6.78. The molecule has 0 aliphatic carbocycles. The van der Waals surface area contributed by atoms with Crippen LogP contribution in [-0.2, 0) is 18.4 Å². The summed E-state index contributed by atoms with van der Waals surface area (Å²) in [7, 11) is 1.86. The fourth-order valence-corrected chi connectivity index (χ4v) is 2.65. The van der Waals surface area contributed by atoms with Gasteiger partial charge in [-0.25, -0.2) is 0 Å². The summed E-state index contributed by atoms with van der Waals surface area (Å²) < 4.78 is 1.72. The summed E-state index contributed by atoms with van der Waals surface area (Å²) >= 11 is 1.65. The van der Waals surface area contributed by atoms with Gasteiger partial charge < -0.3 is 4.90 Å². The molecule has 2 aromatic rings. The molecule has 1 amide bonds. The maximum Gasteiger partial charge on any atom is 0.247 e. The lowest BCUT2D eigenvalue weighted by molar-refractivity contribution is -0.131. The van der Waals surface area contributed by atoms with Crippen LogP contribution in [0.4, 0.5) is 0 Å². The smallest absolute Gasteiger partial charge is 0.247 e. The van der Waals surface area contributed by atoms with Gasteiger partial charge >= 0.3 is 0 Å². The number of aryl methyl sites for hydroxylation is 1. The molecular weight excluding hydrogens is 282 g/mol. The molecule has 21 heavy (non-hydrogen) atoms. The third kappa shape index (κ3) is 4.29. The molecule has 2 aromatic heterocycles. The van der Waals surface area contributed by atoms with E-state index < -0.39 is 0 Å². The fraction of sp³-hybridized carbons (Fsp3) is 0.375. The molecule has 0 N–H and O–H groups in total. The van der Waals surface area contributed by atoms with Crippen molar-refractivity contribution in [3.05, 3.63) is 46.4 Å². The Morgan fingerprint density at radius 2 is 2.24 bits per heavy atom. The standard InChI is InChI=1S/C16H21N3OS/c1-16(2,3)19(11-14-7-8-21-12-14)15(20)6-5-13-9-17-18(4)10-13/h5-10,12H,11H2,1-4H3/b6-5+. The average Bonchev–Trinajstić information content (AvgIpc) is 3.03. The first-order valence-electron chi connectivity index (χ1n) is 6.85. The number of rotatable bonds is 4. The predicted molar refractivity (Wildman–Crippen MR) is 86.9 cm³/mol. The van der Waals surface area contributed by atoms with Crippen LogP contribution in [-0.4, -0.2) is 26.1 Å². The highest BCUT2D eigenvalue weighted by atomic mass is 32.1. The first-order chi connectivity index (χ1) is 9.86. The number of aromatic nitrogens is 2. The highest BCUT2D eigenvalue weighted by molar-refractivity contribution is 7.07. The minimum atomic E-state index is -0.224. The molecule has 0 bridgehead atoms. The minimum absolute atomic E-state index is 0.0116. The topological polar surface area (TPSA) is 38.1 Å². The summed E-state index contributed by atoms with van der Waals surface area (Å²) in [5.41, 5.74) is 1.87. The number of thiophene rings is 1. The third-order valence-electron chi connectivity index (χ3n) is 3.14. The monoisotopic (exact) mass is 303 g/mol. The van der Waals surface area contributed by atoms with E-state index >= 15 is 0 Å². The van der Waals surface area contributed by atoms with E-state index in [1.54, 1.807) is 28.3 Å². The van der Waals surface area contributed by atoms with Gasteiger partial charge in [0.2, 0.25) is 5.91 Å². The molecule has 0 aromatic carbocycles. The maximum atomic E-state index is 12.5. The Kier molecular flexibility index (Phi) is 4.63. The SMILES string of the molecule is Cn1cc(/C=C/C(=O)N(Cc2ccsc2)C(C)(C)C)cn1. The molecule has 112 valence electrons. The van der Waals surface area contributed by atoms with Crippen LogP contribution in [0.15, 0.2) is 35.3 Å². The quantitative estimate of drug-likeness (QED) is 0.813. The van der Waals surface area contributed by atoms with Gasteiger partial charge in [-0.15, -0.1) is 0 Å². The molecule has 0 spiro atoms. The van der Waals surface area contributed by atoms with E-state index in [4.69, 9.17) is 0 Å². The molecule has 5 heteroatoms. The molecule has 0 fully saturated rings. The number of hydrogen-bond acceptors (Lipinski definition) is 3. The zero-order chi connectivity index (χ0) is 15.5. The van der Waals surface area contributed by atoms with Gasteiger partial charge in [0.25, 0.3) is 0 Å². The molecular formula is C16H21N3OS. The van der Waals surface area contributed by atoms with E-state index in [0.717, 1.165) is 11.1 Å². The molecule has 0 aliphatic rings. The summed E-state index contributed by atoms with van der Waals surface area (Å²) in [5.74, 6) is 0.0116. The van der Waals surface area contributed by atoms with Crippen molar-refractivity contribution in [3.8, 4) is 0 Å². The predicted octanol–water partition coefficient (Wildman–Crippen LogP) is 3.32. The second-order valence-electron chi connectivity index (χ2n) is 6.01. The summed E-state index contributed by atoms with van der Waals surface area (Å²) in [5, 5.41) is 8.20. The van der Waals surface area contributed by atoms with Gasteiger partial charge in [0, 0.05) is 37.0 Å². The zero-order valence-electron chi connectivity index (χ0n) is 12.9. The number of hydrogen-bond donors (Lipinski definition) is 0. The van der Waals surface area contributed by atoms with Crippen LogP contribution in [0.1, 0.15) is 31.9 Å². The van der Waals surface area contributed by atoms with Crippen molar-refractivity contribution in [1.82, 2.24) is 14.7 Å². The van der Waals surface area contributed by atoms with Crippen LogP contribution in [0.5, 0.6) is 0 Å². The van der Waals surface area contributed by atoms with Gasteiger partial charge in [-0.3, -0.25) is 9.48 Å². The van der Waals surface area contributed by atoms with Crippen molar-refractivity contribution in [1.29, 1.82) is 0 Å². The van der Waals surface area contributed by atoms with Gasteiger partial charge in [-0.05, 0) is 49.2 Å². The van der Waals surface area contributed by atoms with E-state index in [1.165, 1.54) is 0 Å². The second kappa shape index (κ2) is 6.26. The lowest BCUT2D eigenvalue weighted by Gasteiger charge is -2.34. The van der Waals surface area contributed by atoms with Gasteiger partial charge in [0.1, 0.15) is 0 Å².